The molecule has 0 atom stereocenters. The van der Waals surface area contributed by atoms with Crippen LogP contribution in [-0.4, -0.2) is 21.5 Å². The van der Waals surface area contributed by atoms with Gasteiger partial charge in [-0.3, -0.25) is 0 Å². The fourth-order valence-electron chi connectivity index (χ4n) is 2.41. The van der Waals surface area contributed by atoms with Crippen molar-refractivity contribution in [1.82, 2.24) is 15.0 Å². The zero-order chi connectivity index (χ0) is 13.1. The van der Waals surface area contributed by atoms with Gasteiger partial charge in [-0.05, 0) is 32.1 Å². The minimum atomic E-state index is 0.772. The Bertz CT molecular complexity index is 551. The van der Waals surface area contributed by atoms with Gasteiger partial charge in [0.1, 0.15) is 5.82 Å². The molecule has 0 aliphatic heterocycles. The Labute approximate surface area is 117 Å². The second-order valence-corrected chi connectivity index (χ2v) is 5.69. The maximum absolute atomic E-state index is 4.72. The lowest BCUT2D eigenvalue weighted by Crippen LogP contribution is -2.14. The minimum absolute atomic E-state index is 0.772. The molecule has 1 aliphatic rings. The predicted octanol–water partition coefficient (Wildman–Crippen LogP) is 3.30. The fraction of sp³-hybridized carbons (Fsp3) is 0.500. The maximum atomic E-state index is 4.72. The number of rotatable bonds is 4. The predicted molar refractivity (Wildman–Crippen MR) is 78.6 cm³/mol. The quantitative estimate of drug-likeness (QED) is 0.929. The number of aryl methyl sites for hydroxylation is 1. The van der Waals surface area contributed by atoms with Gasteiger partial charge in [0.2, 0.25) is 0 Å². The van der Waals surface area contributed by atoms with E-state index in [4.69, 9.17) is 9.97 Å². The summed E-state index contributed by atoms with van der Waals surface area (Å²) in [6.07, 6.45) is 7.55. The normalized spacial score (nSPS) is 14.2. The van der Waals surface area contributed by atoms with E-state index >= 15 is 0 Å². The van der Waals surface area contributed by atoms with E-state index in [9.17, 15) is 0 Å². The average molecular weight is 274 g/mol. The molecule has 0 unspecified atom stereocenters. The van der Waals surface area contributed by atoms with Crippen LogP contribution in [-0.2, 0) is 12.8 Å². The molecule has 1 N–H and O–H groups in total. The van der Waals surface area contributed by atoms with E-state index in [1.54, 1.807) is 11.3 Å². The van der Waals surface area contributed by atoms with Crippen molar-refractivity contribution >= 4 is 17.2 Å². The first-order chi connectivity index (χ1) is 9.38. The highest BCUT2D eigenvalue weighted by molar-refractivity contribution is 7.13. The zero-order valence-corrected chi connectivity index (χ0v) is 12.0. The number of aromatic nitrogens is 3. The molecular weight excluding hydrogens is 256 g/mol. The molecule has 4 nitrogen and oxygen atoms in total. The summed E-state index contributed by atoms with van der Waals surface area (Å²) in [5.74, 6) is 1.80. The van der Waals surface area contributed by atoms with Crippen molar-refractivity contribution in [3.8, 4) is 10.8 Å². The van der Waals surface area contributed by atoms with Crippen LogP contribution in [0.4, 0.5) is 5.82 Å². The van der Waals surface area contributed by atoms with Crippen LogP contribution in [0.25, 0.3) is 10.8 Å². The summed E-state index contributed by atoms with van der Waals surface area (Å²) >= 11 is 1.60. The maximum Gasteiger partial charge on any atom is 0.190 e. The first-order valence-corrected chi connectivity index (χ1v) is 7.80. The van der Waals surface area contributed by atoms with E-state index in [1.807, 2.05) is 11.6 Å². The topological polar surface area (TPSA) is 50.7 Å². The first-order valence-electron chi connectivity index (χ1n) is 6.92. The fourth-order valence-corrected chi connectivity index (χ4v) is 2.98. The Morgan fingerprint density at radius 3 is 2.95 bits per heavy atom. The summed E-state index contributed by atoms with van der Waals surface area (Å²) in [5, 5.41) is 6.33. The highest BCUT2D eigenvalue weighted by Gasteiger charge is 2.18. The average Bonchev–Trinajstić information content (AvgIpc) is 2.98. The van der Waals surface area contributed by atoms with Crippen molar-refractivity contribution in [2.45, 2.75) is 39.0 Å². The number of thiazole rings is 1. The lowest BCUT2D eigenvalue weighted by molar-refractivity contribution is 0.664. The van der Waals surface area contributed by atoms with Gasteiger partial charge in [0, 0.05) is 29.4 Å². The van der Waals surface area contributed by atoms with Crippen molar-refractivity contribution in [2.24, 2.45) is 0 Å². The lowest BCUT2D eigenvalue weighted by atomic mass is 9.96. The molecule has 19 heavy (non-hydrogen) atoms. The molecule has 1 aliphatic carbocycles. The monoisotopic (exact) mass is 274 g/mol. The van der Waals surface area contributed by atoms with Crippen LogP contribution < -0.4 is 5.32 Å². The highest BCUT2D eigenvalue weighted by Crippen LogP contribution is 2.29. The molecule has 3 rings (SSSR count). The third-order valence-electron chi connectivity index (χ3n) is 3.35. The molecule has 0 amide bonds. The Balaban J connectivity index is 2.02. The molecule has 2 aromatic rings. The van der Waals surface area contributed by atoms with Gasteiger partial charge in [0.25, 0.3) is 0 Å². The molecular formula is C14H18N4S. The Morgan fingerprint density at radius 1 is 1.26 bits per heavy atom. The van der Waals surface area contributed by atoms with Crippen LogP contribution in [0.3, 0.4) is 0 Å². The van der Waals surface area contributed by atoms with Gasteiger partial charge in [-0.2, -0.15) is 0 Å². The van der Waals surface area contributed by atoms with E-state index in [2.05, 4.69) is 17.2 Å². The van der Waals surface area contributed by atoms with Gasteiger partial charge < -0.3 is 5.32 Å². The second kappa shape index (κ2) is 5.65. The lowest BCUT2D eigenvalue weighted by Gasteiger charge is -2.19. The van der Waals surface area contributed by atoms with Gasteiger partial charge in [-0.25, -0.2) is 15.0 Å². The van der Waals surface area contributed by atoms with E-state index in [-0.39, 0.29) is 0 Å². The molecule has 5 heteroatoms. The van der Waals surface area contributed by atoms with Crippen molar-refractivity contribution < 1.29 is 0 Å². The molecule has 0 saturated carbocycles. The number of hydrogen-bond acceptors (Lipinski definition) is 5. The molecule has 0 aromatic carbocycles. The minimum Gasteiger partial charge on any atom is -0.370 e. The summed E-state index contributed by atoms with van der Waals surface area (Å²) in [6, 6.07) is 0. The molecule has 0 saturated heterocycles. The molecule has 0 fully saturated rings. The number of nitrogens with one attached hydrogen (secondary N) is 1. The Hall–Kier alpha value is -1.49. The molecule has 0 bridgehead atoms. The summed E-state index contributed by atoms with van der Waals surface area (Å²) in [6.45, 7) is 3.13. The van der Waals surface area contributed by atoms with E-state index < -0.39 is 0 Å². The molecule has 2 heterocycles. The Kier molecular flexibility index (Phi) is 3.73. The van der Waals surface area contributed by atoms with Crippen LogP contribution >= 0.6 is 11.3 Å². The van der Waals surface area contributed by atoms with E-state index in [0.717, 1.165) is 42.5 Å². The number of fused-ring (bicyclic) bond motifs is 1. The molecule has 0 radical (unpaired) electrons. The van der Waals surface area contributed by atoms with Gasteiger partial charge >= 0.3 is 0 Å². The van der Waals surface area contributed by atoms with E-state index in [1.165, 1.54) is 24.1 Å². The summed E-state index contributed by atoms with van der Waals surface area (Å²) in [5.41, 5.74) is 2.53. The van der Waals surface area contributed by atoms with Crippen molar-refractivity contribution in [3.05, 3.63) is 22.8 Å². The highest BCUT2D eigenvalue weighted by atomic mass is 32.1. The zero-order valence-electron chi connectivity index (χ0n) is 11.1. The van der Waals surface area contributed by atoms with Gasteiger partial charge in [0.15, 0.2) is 10.8 Å². The third-order valence-corrected chi connectivity index (χ3v) is 4.12. The van der Waals surface area contributed by atoms with Crippen LogP contribution in [0.1, 0.15) is 37.4 Å². The summed E-state index contributed by atoms with van der Waals surface area (Å²) in [7, 11) is 0. The van der Waals surface area contributed by atoms with Gasteiger partial charge in [0.05, 0.1) is 0 Å². The SMILES string of the molecule is CCCNc1nc(-c2nccs2)nc2c1CCCC2. The van der Waals surface area contributed by atoms with Crippen LogP contribution in [0.15, 0.2) is 11.6 Å². The van der Waals surface area contributed by atoms with E-state index in [0.29, 0.717) is 0 Å². The number of anilines is 1. The third kappa shape index (κ3) is 2.61. The first kappa shape index (κ1) is 12.5. The largest absolute Gasteiger partial charge is 0.370 e. The molecule has 0 spiro atoms. The van der Waals surface area contributed by atoms with Crippen molar-refractivity contribution in [3.63, 3.8) is 0 Å². The molecule has 100 valence electrons. The Morgan fingerprint density at radius 2 is 2.16 bits per heavy atom. The van der Waals surface area contributed by atoms with Crippen LogP contribution in [0.5, 0.6) is 0 Å². The van der Waals surface area contributed by atoms with Crippen LogP contribution in [0, 0.1) is 0 Å². The standard InChI is InChI=1S/C14H18N4S/c1-2-7-15-12-10-5-3-4-6-11(10)17-13(18-12)14-16-8-9-19-14/h8-9H,2-7H2,1H3,(H,15,17,18). The smallest absolute Gasteiger partial charge is 0.190 e. The van der Waals surface area contributed by atoms with Crippen molar-refractivity contribution in [1.29, 1.82) is 0 Å². The number of hydrogen-bond donors (Lipinski definition) is 1. The second-order valence-electron chi connectivity index (χ2n) is 4.79. The van der Waals surface area contributed by atoms with Crippen LogP contribution in [0.2, 0.25) is 0 Å². The van der Waals surface area contributed by atoms with Crippen molar-refractivity contribution in [2.75, 3.05) is 11.9 Å². The molecule has 2 aromatic heterocycles. The summed E-state index contributed by atoms with van der Waals surface area (Å²) < 4.78 is 0. The van der Waals surface area contributed by atoms with Gasteiger partial charge in [-0.15, -0.1) is 11.3 Å². The number of nitrogens with zero attached hydrogens (tertiary/aromatic N) is 3. The summed E-state index contributed by atoms with van der Waals surface area (Å²) in [4.78, 5) is 13.7. The van der Waals surface area contributed by atoms with Gasteiger partial charge in [-0.1, -0.05) is 6.92 Å².